The molecule has 0 saturated carbocycles. The first-order valence-corrected chi connectivity index (χ1v) is 8.11. The minimum atomic E-state index is 0.996. The van der Waals surface area contributed by atoms with E-state index in [4.69, 9.17) is 0 Å². The van der Waals surface area contributed by atoms with Gasteiger partial charge in [0.25, 0.3) is 0 Å². The average Bonchev–Trinajstić information content (AvgIpc) is 2.94. The van der Waals surface area contributed by atoms with Crippen LogP contribution >= 0.6 is 11.3 Å². The molecule has 4 rings (SSSR count). The van der Waals surface area contributed by atoms with E-state index in [0.717, 1.165) is 6.42 Å². The van der Waals surface area contributed by atoms with Gasteiger partial charge in [0.1, 0.15) is 0 Å². The number of hydrogen-bond acceptors (Lipinski definition) is 1. The largest absolute Gasteiger partial charge is 0.144 e. The molecule has 1 heteroatoms. The van der Waals surface area contributed by atoms with Gasteiger partial charge in [0.05, 0.1) is 0 Å². The molecule has 4 aromatic rings. The molecule has 0 unspecified atom stereocenters. The Morgan fingerprint density at radius 1 is 0.714 bits per heavy atom. The van der Waals surface area contributed by atoms with Gasteiger partial charge in [0.15, 0.2) is 0 Å². The highest BCUT2D eigenvalue weighted by Crippen LogP contribution is 2.24. The first-order chi connectivity index (χ1) is 10.3. The normalized spacial score (nSPS) is 11.3. The van der Waals surface area contributed by atoms with Gasteiger partial charge in [-0.1, -0.05) is 48.0 Å². The SMILES string of the molecule is Cc1ccc2ccc(Cc3ccc4sccc4c3)cc2c1. The average molecular weight is 288 g/mol. The fourth-order valence-electron chi connectivity index (χ4n) is 2.89. The Morgan fingerprint density at radius 2 is 1.48 bits per heavy atom. The summed E-state index contributed by atoms with van der Waals surface area (Å²) in [7, 11) is 0. The molecule has 0 amide bonds. The van der Waals surface area contributed by atoms with Crippen LogP contribution in [0.4, 0.5) is 0 Å². The summed E-state index contributed by atoms with van der Waals surface area (Å²) in [5.41, 5.74) is 4.08. The molecular weight excluding hydrogens is 272 g/mol. The van der Waals surface area contributed by atoms with E-state index in [0.29, 0.717) is 0 Å². The van der Waals surface area contributed by atoms with Crippen LogP contribution in [0.5, 0.6) is 0 Å². The quantitative estimate of drug-likeness (QED) is 0.427. The maximum atomic E-state index is 2.32. The molecule has 0 aliphatic rings. The summed E-state index contributed by atoms with van der Waals surface area (Å²) in [5, 5.41) is 6.17. The van der Waals surface area contributed by atoms with Crippen molar-refractivity contribution in [2.45, 2.75) is 13.3 Å². The van der Waals surface area contributed by atoms with Crippen molar-refractivity contribution in [2.75, 3.05) is 0 Å². The molecule has 0 bridgehead atoms. The van der Waals surface area contributed by atoms with Crippen LogP contribution in [0.15, 0.2) is 66.0 Å². The van der Waals surface area contributed by atoms with Crippen molar-refractivity contribution < 1.29 is 0 Å². The van der Waals surface area contributed by atoms with Gasteiger partial charge in [0.2, 0.25) is 0 Å². The molecule has 21 heavy (non-hydrogen) atoms. The second kappa shape index (κ2) is 5.01. The monoisotopic (exact) mass is 288 g/mol. The van der Waals surface area contributed by atoms with Gasteiger partial charge in [0, 0.05) is 4.70 Å². The van der Waals surface area contributed by atoms with E-state index < -0.39 is 0 Å². The lowest BCUT2D eigenvalue weighted by atomic mass is 10.00. The van der Waals surface area contributed by atoms with Crippen LogP contribution in [-0.2, 0) is 6.42 Å². The Kier molecular flexibility index (Phi) is 3.01. The molecule has 0 aliphatic carbocycles. The van der Waals surface area contributed by atoms with Crippen molar-refractivity contribution in [3.63, 3.8) is 0 Å². The smallest absolute Gasteiger partial charge is 0.0342 e. The van der Waals surface area contributed by atoms with E-state index in [1.54, 1.807) is 11.3 Å². The highest BCUT2D eigenvalue weighted by atomic mass is 32.1. The summed E-state index contributed by atoms with van der Waals surface area (Å²) < 4.78 is 1.37. The van der Waals surface area contributed by atoms with Gasteiger partial charge in [-0.15, -0.1) is 11.3 Å². The van der Waals surface area contributed by atoms with Crippen LogP contribution in [0, 0.1) is 6.92 Å². The molecule has 0 nitrogen and oxygen atoms in total. The molecule has 3 aromatic carbocycles. The van der Waals surface area contributed by atoms with Crippen LogP contribution in [0.25, 0.3) is 20.9 Å². The molecule has 0 radical (unpaired) electrons. The van der Waals surface area contributed by atoms with E-state index >= 15 is 0 Å². The zero-order chi connectivity index (χ0) is 14.2. The molecule has 0 saturated heterocycles. The Balaban J connectivity index is 1.72. The minimum absolute atomic E-state index is 0.996. The zero-order valence-corrected chi connectivity index (χ0v) is 12.8. The topological polar surface area (TPSA) is 0 Å². The van der Waals surface area contributed by atoms with E-state index in [-0.39, 0.29) is 0 Å². The number of fused-ring (bicyclic) bond motifs is 2. The standard InChI is InChI=1S/C20H16S/c1-14-2-5-17-6-3-15(13-19(17)10-14)11-16-4-7-20-18(12-16)8-9-21-20/h2-10,12-13H,11H2,1H3. The highest BCUT2D eigenvalue weighted by Gasteiger charge is 2.01. The predicted octanol–water partition coefficient (Wildman–Crippen LogP) is 5.95. The summed E-state index contributed by atoms with van der Waals surface area (Å²) in [4.78, 5) is 0. The minimum Gasteiger partial charge on any atom is -0.144 e. The van der Waals surface area contributed by atoms with Crippen molar-refractivity contribution in [2.24, 2.45) is 0 Å². The fourth-order valence-corrected chi connectivity index (χ4v) is 3.66. The third kappa shape index (κ3) is 2.45. The Hall–Kier alpha value is -2.12. The molecule has 0 atom stereocenters. The molecule has 102 valence electrons. The summed E-state index contributed by atoms with van der Waals surface area (Å²) in [6.07, 6.45) is 0.996. The van der Waals surface area contributed by atoms with Gasteiger partial charge in [-0.25, -0.2) is 0 Å². The number of hydrogen-bond donors (Lipinski definition) is 0. The molecule has 0 N–H and O–H groups in total. The van der Waals surface area contributed by atoms with Crippen LogP contribution in [-0.4, -0.2) is 0 Å². The van der Waals surface area contributed by atoms with E-state index in [1.807, 2.05) is 0 Å². The summed E-state index contributed by atoms with van der Waals surface area (Å²) in [6.45, 7) is 2.15. The van der Waals surface area contributed by atoms with E-state index in [9.17, 15) is 0 Å². The van der Waals surface area contributed by atoms with E-state index in [2.05, 4.69) is 73.0 Å². The Labute approximate surface area is 128 Å². The first kappa shape index (κ1) is 12.6. The van der Waals surface area contributed by atoms with Crippen molar-refractivity contribution in [1.29, 1.82) is 0 Å². The Bertz CT molecular complexity index is 931. The summed E-state index contributed by atoms with van der Waals surface area (Å²) in [6, 6.07) is 22.4. The van der Waals surface area contributed by atoms with Gasteiger partial charge in [-0.3, -0.25) is 0 Å². The van der Waals surface area contributed by atoms with Crippen LogP contribution in [0.2, 0.25) is 0 Å². The molecule has 1 aromatic heterocycles. The second-order valence-electron chi connectivity index (χ2n) is 5.65. The van der Waals surface area contributed by atoms with Crippen molar-refractivity contribution >= 4 is 32.2 Å². The van der Waals surface area contributed by atoms with Crippen molar-refractivity contribution in [3.8, 4) is 0 Å². The zero-order valence-electron chi connectivity index (χ0n) is 12.0. The van der Waals surface area contributed by atoms with Crippen LogP contribution in [0.3, 0.4) is 0 Å². The highest BCUT2D eigenvalue weighted by molar-refractivity contribution is 7.17. The number of benzene rings is 3. The molecule has 0 fully saturated rings. The lowest BCUT2D eigenvalue weighted by Crippen LogP contribution is -1.88. The third-order valence-corrected chi connectivity index (χ3v) is 4.88. The van der Waals surface area contributed by atoms with Crippen molar-refractivity contribution in [1.82, 2.24) is 0 Å². The second-order valence-corrected chi connectivity index (χ2v) is 6.60. The maximum absolute atomic E-state index is 2.32. The number of aryl methyl sites for hydroxylation is 1. The molecule has 1 heterocycles. The first-order valence-electron chi connectivity index (χ1n) is 7.23. The number of thiophene rings is 1. The lowest BCUT2D eigenvalue weighted by Gasteiger charge is -2.06. The predicted molar refractivity (Wildman–Crippen MR) is 93.3 cm³/mol. The lowest BCUT2D eigenvalue weighted by molar-refractivity contribution is 1.21. The number of rotatable bonds is 2. The summed E-state index contributed by atoms with van der Waals surface area (Å²) >= 11 is 1.81. The van der Waals surface area contributed by atoms with Gasteiger partial charge >= 0.3 is 0 Å². The molecular formula is C20H16S. The van der Waals surface area contributed by atoms with Gasteiger partial charge in [-0.05, 0) is 64.2 Å². The third-order valence-electron chi connectivity index (χ3n) is 3.99. The van der Waals surface area contributed by atoms with Gasteiger partial charge in [-0.2, -0.15) is 0 Å². The van der Waals surface area contributed by atoms with Gasteiger partial charge < -0.3 is 0 Å². The molecule has 0 aliphatic heterocycles. The summed E-state index contributed by atoms with van der Waals surface area (Å²) in [5.74, 6) is 0. The van der Waals surface area contributed by atoms with Crippen molar-refractivity contribution in [3.05, 3.63) is 82.7 Å². The van der Waals surface area contributed by atoms with Crippen LogP contribution in [0.1, 0.15) is 16.7 Å². The fraction of sp³-hybridized carbons (Fsp3) is 0.100. The maximum Gasteiger partial charge on any atom is 0.0342 e. The van der Waals surface area contributed by atoms with Crippen LogP contribution < -0.4 is 0 Å². The van der Waals surface area contributed by atoms with E-state index in [1.165, 1.54) is 37.5 Å². The Morgan fingerprint density at radius 3 is 2.38 bits per heavy atom. The molecule has 0 spiro atoms.